The Morgan fingerprint density at radius 3 is 2.30 bits per heavy atom. The van der Waals surface area contributed by atoms with Gasteiger partial charge in [0, 0.05) is 85.9 Å². The summed E-state index contributed by atoms with van der Waals surface area (Å²) in [6.45, 7) is 18.7. The van der Waals surface area contributed by atoms with Gasteiger partial charge in [-0.1, -0.05) is 18.2 Å². The molecule has 358 valence electrons. The molecule has 3 aliphatic heterocycles. The second-order valence-corrected chi connectivity index (χ2v) is 21.6. The van der Waals surface area contributed by atoms with Crippen LogP contribution < -0.4 is 10.6 Å². The van der Waals surface area contributed by atoms with Crippen molar-refractivity contribution in [1.29, 1.82) is 0 Å². The van der Waals surface area contributed by atoms with Crippen LogP contribution in [0.4, 0.5) is 9.59 Å². The van der Waals surface area contributed by atoms with Gasteiger partial charge in [0.2, 0.25) is 5.91 Å². The van der Waals surface area contributed by atoms with Crippen LogP contribution in [0.15, 0.2) is 42.6 Å². The lowest BCUT2D eigenvalue weighted by Gasteiger charge is -2.42. The number of nitrogens with zero attached hydrogens (tertiary/aromatic N) is 6. The summed E-state index contributed by atoms with van der Waals surface area (Å²) >= 11 is 0. The van der Waals surface area contributed by atoms with Gasteiger partial charge >= 0.3 is 12.2 Å². The van der Waals surface area contributed by atoms with Gasteiger partial charge in [0.05, 0.1) is 28.4 Å². The van der Waals surface area contributed by atoms with E-state index in [1.165, 1.54) is 29.3 Å². The number of hydrogen-bond acceptors (Lipinski definition) is 8. The lowest BCUT2D eigenvalue weighted by molar-refractivity contribution is -0.141. The molecule has 0 bridgehead atoms. The molecule has 3 aromatic heterocycles. The van der Waals surface area contributed by atoms with Crippen LogP contribution >= 0.6 is 0 Å². The van der Waals surface area contributed by atoms with Crippen LogP contribution in [0.1, 0.15) is 133 Å². The van der Waals surface area contributed by atoms with E-state index < -0.39 is 17.8 Å². The van der Waals surface area contributed by atoms with Crippen molar-refractivity contribution < 1.29 is 34.1 Å². The molecule has 2 saturated carbocycles. The number of nitrogens with one attached hydrogen (secondary N) is 2. The first kappa shape index (κ1) is 47.3. The number of para-hydroxylation sites is 1. The number of aliphatic hydroxyl groups is 1. The van der Waals surface area contributed by atoms with Crippen molar-refractivity contribution >= 4 is 40.4 Å². The van der Waals surface area contributed by atoms with E-state index in [2.05, 4.69) is 46.4 Å². The predicted octanol–water partition coefficient (Wildman–Crippen LogP) is 7.80. The molecule has 2 aliphatic carbocycles. The fraction of sp³-hybridized carbons (Fsp3) is 0.627. The second kappa shape index (κ2) is 19.2. The van der Waals surface area contributed by atoms with Gasteiger partial charge in [-0.05, 0) is 149 Å². The zero-order valence-corrected chi connectivity index (χ0v) is 40.1. The number of pyridine rings is 1. The number of fused-ring (bicyclic) bond motifs is 2. The van der Waals surface area contributed by atoms with E-state index in [-0.39, 0.29) is 47.4 Å². The Morgan fingerprint density at radius 2 is 1.65 bits per heavy atom. The Morgan fingerprint density at radius 1 is 0.909 bits per heavy atom. The summed E-state index contributed by atoms with van der Waals surface area (Å²) in [5.74, 6) is 1.14. The molecule has 6 heterocycles. The second-order valence-electron chi connectivity index (χ2n) is 21.6. The van der Waals surface area contributed by atoms with Gasteiger partial charge in [0.1, 0.15) is 11.3 Å². The van der Waals surface area contributed by atoms with Crippen LogP contribution in [-0.4, -0.2) is 132 Å². The Balaban J connectivity index is 0.000000364. The summed E-state index contributed by atoms with van der Waals surface area (Å²) in [5.41, 5.74) is 6.24. The number of aryl methyl sites for hydroxylation is 1. The molecule has 2 atom stereocenters. The Kier molecular flexibility index (Phi) is 13.8. The van der Waals surface area contributed by atoms with Crippen molar-refractivity contribution in [3.05, 3.63) is 59.3 Å². The zero-order chi connectivity index (χ0) is 47.1. The fourth-order valence-corrected chi connectivity index (χ4v) is 10.6. The van der Waals surface area contributed by atoms with Gasteiger partial charge in [-0.3, -0.25) is 14.5 Å². The molecule has 0 spiro atoms. The number of benzene rings is 1. The SMILES string of the molecule is CC(C)(C)N(C(=O)O)[C@@H]1CCCNC1.Cc1c(-c2cc3cccc(C4CN(C(=O)C5CCC(O)CC5)C4)c3n2CC2CC2)nn2cc(C(=O)N3CCC[C@@H](NC(=O)OC(C)(C)C)C3)ccc12. The number of amides is 4. The van der Waals surface area contributed by atoms with Gasteiger partial charge in [-0.2, -0.15) is 5.10 Å². The first-order chi connectivity index (χ1) is 31.3. The van der Waals surface area contributed by atoms with E-state index >= 15 is 0 Å². The molecule has 0 unspecified atom stereocenters. The highest BCUT2D eigenvalue weighted by atomic mass is 16.6. The van der Waals surface area contributed by atoms with Crippen LogP contribution in [-0.2, 0) is 16.1 Å². The van der Waals surface area contributed by atoms with Gasteiger partial charge in [0.25, 0.3) is 5.91 Å². The number of carboxylic acid groups (broad SMARTS) is 1. The molecule has 9 rings (SSSR count). The third-order valence-electron chi connectivity index (χ3n) is 14.1. The minimum absolute atomic E-state index is 0.0391. The van der Waals surface area contributed by atoms with Crippen LogP contribution in [0.2, 0.25) is 0 Å². The third kappa shape index (κ3) is 10.7. The number of rotatable bonds is 8. The number of aromatic nitrogens is 3. The first-order valence-corrected chi connectivity index (χ1v) is 24.4. The summed E-state index contributed by atoms with van der Waals surface area (Å²) < 4.78 is 9.77. The van der Waals surface area contributed by atoms with Crippen molar-refractivity contribution in [2.75, 3.05) is 39.3 Å². The number of piperidine rings is 2. The average molecular weight is 909 g/mol. The zero-order valence-electron chi connectivity index (χ0n) is 40.1. The number of hydrogen-bond donors (Lipinski definition) is 4. The average Bonchev–Trinajstić information content (AvgIpc) is 3.91. The van der Waals surface area contributed by atoms with Gasteiger partial charge in [0.15, 0.2) is 0 Å². The molecule has 4 aromatic rings. The standard InChI is InChI=1S/C41H52N6O5.C10H20N2O2/c1-25-34-17-14-29(39(50)44-18-6-8-31(24-44)42-40(51)52-41(2,3)4)23-47(34)43-36(25)35-19-28-7-5-9-33(37(28)46(35)20-26-10-11-26)30-21-45(22-30)38(49)27-12-15-32(48)16-13-27;1-10(2,3)12(9(13)14)8-5-4-6-11-7-8/h5,7,9,14,17,19,23,26-27,30-32,48H,6,8,10-13,15-16,18,20-22,24H2,1-4H3,(H,42,51);8,11H,4-7H2,1-3H3,(H,13,14)/t27?,31-,32?;8-/m11/s1. The summed E-state index contributed by atoms with van der Waals surface area (Å²) in [4.78, 5) is 56.0. The minimum Gasteiger partial charge on any atom is -0.465 e. The van der Waals surface area contributed by atoms with Crippen molar-refractivity contribution in [2.24, 2.45) is 11.8 Å². The van der Waals surface area contributed by atoms with Gasteiger partial charge in [-0.15, -0.1) is 0 Å². The molecule has 15 heteroatoms. The van der Waals surface area contributed by atoms with Gasteiger partial charge in [-0.25, -0.2) is 14.1 Å². The number of ether oxygens (including phenoxy) is 1. The Hall–Kier alpha value is -5.15. The molecule has 1 aromatic carbocycles. The summed E-state index contributed by atoms with van der Waals surface area (Å²) in [6.07, 6.45) is 9.39. The van der Waals surface area contributed by atoms with Crippen molar-refractivity contribution in [1.82, 2.24) is 39.5 Å². The van der Waals surface area contributed by atoms with E-state index in [0.29, 0.717) is 24.6 Å². The molecule has 5 aliphatic rings. The van der Waals surface area contributed by atoms with E-state index in [0.717, 1.165) is 107 Å². The Labute approximate surface area is 389 Å². The van der Waals surface area contributed by atoms with E-state index in [4.69, 9.17) is 14.9 Å². The predicted molar refractivity (Wildman–Crippen MR) is 255 cm³/mol. The largest absolute Gasteiger partial charge is 0.465 e. The van der Waals surface area contributed by atoms with Crippen LogP contribution in [0, 0.1) is 18.8 Å². The monoisotopic (exact) mass is 909 g/mol. The fourth-order valence-electron chi connectivity index (χ4n) is 10.6. The maximum absolute atomic E-state index is 13.8. The molecule has 15 nitrogen and oxygen atoms in total. The highest BCUT2D eigenvalue weighted by Crippen LogP contribution is 2.41. The molecule has 4 amide bonds. The molecule has 5 fully saturated rings. The van der Waals surface area contributed by atoms with Crippen LogP contribution in [0.3, 0.4) is 0 Å². The number of likely N-dealkylation sites (tertiary alicyclic amines) is 2. The number of carbonyl (C=O) groups excluding carboxylic acids is 3. The maximum atomic E-state index is 13.8. The summed E-state index contributed by atoms with van der Waals surface area (Å²) in [5, 5.41) is 31.6. The molecule has 0 radical (unpaired) electrons. The number of alkyl carbamates (subject to hydrolysis) is 1. The lowest BCUT2D eigenvalue weighted by Crippen LogP contribution is -2.56. The summed E-state index contributed by atoms with van der Waals surface area (Å²) in [7, 11) is 0. The van der Waals surface area contributed by atoms with E-state index in [1.54, 1.807) is 4.90 Å². The maximum Gasteiger partial charge on any atom is 0.408 e. The van der Waals surface area contributed by atoms with E-state index in [9.17, 15) is 24.3 Å². The number of aliphatic hydroxyl groups excluding tert-OH is 1. The minimum atomic E-state index is -0.814. The molecular weight excluding hydrogens is 837 g/mol. The van der Waals surface area contributed by atoms with Crippen molar-refractivity contribution in [2.45, 2.75) is 154 Å². The summed E-state index contributed by atoms with van der Waals surface area (Å²) in [6, 6.07) is 12.7. The molecule has 3 saturated heterocycles. The highest BCUT2D eigenvalue weighted by molar-refractivity contribution is 5.95. The quantitative estimate of drug-likeness (QED) is 0.138. The van der Waals surface area contributed by atoms with Gasteiger partial charge < -0.3 is 40.0 Å². The van der Waals surface area contributed by atoms with Crippen LogP contribution in [0.5, 0.6) is 0 Å². The van der Waals surface area contributed by atoms with Crippen molar-refractivity contribution in [3.8, 4) is 11.4 Å². The third-order valence-corrected chi connectivity index (χ3v) is 14.1. The normalized spacial score (nSPS) is 22.9. The smallest absolute Gasteiger partial charge is 0.408 e. The topological polar surface area (TPSA) is 174 Å². The first-order valence-electron chi connectivity index (χ1n) is 24.4. The molecule has 4 N–H and O–H groups in total. The lowest BCUT2D eigenvalue weighted by atomic mass is 9.83. The molecular formula is C51H72N8O7. The van der Waals surface area contributed by atoms with Crippen molar-refractivity contribution in [3.63, 3.8) is 0 Å². The molecule has 66 heavy (non-hydrogen) atoms. The number of carbonyl (C=O) groups is 4. The van der Waals surface area contributed by atoms with Crippen LogP contribution in [0.25, 0.3) is 27.8 Å². The Bertz CT molecular complexity index is 2400. The van der Waals surface area contributed by atoms with E-state index in [1.807, 2.05) is 74.2 Å². The highest BCUT2D eigenvalue weighted by Gasteiger charge is 2.39.